The summed E-state index contributed by atoms with van der Waals surface area (Å²) < 4.78 is 13.4. The van der Waals surface area contributed by atoms with E-state index in [4.69, 9.17) is 9.47 Å². The van der Waals surface area contributed by atoms with Crippen molar-refractivity contribution in [1.29, 1.82) is 0 Å². The Kier molecular flexibility index (Phi) is 3.66. The molecule has 2 saturated heterocycles. The highest BCUT2D eigenvalue weighted by Gasteiger charge is 2.60. The molecule has 2 aliphatic heterocycles. The van der Waals surface area contributed by atoms with Crippen molar-refractivity contribution in [2.24, 2.45) is 5.92 Å². The van der Waals surface area contributed by atoms with Gasteiger partial charge < -0.3 is 9.47 Å². The largest absolute Gasteiger partial charge is 0.459 e. The van der Waals surface area contributed by atoms with Gasteiger partial charge in [0.2, 0.25) is 5.79 Å². The van der Waals surface area contributed by atoms with Crippen molar-refractivity contribution >= 4 is 21.5 Å². The number of fused-ring (bicyclic) bond motifs is 4. The summed E-state index contributed by atoms with van der Waals surface area (Å²) in [5, 5.41) is 4.86. The number of hydrogen-bond donors (Lipinski definition) is 0. The molecule has 0 aromatic heterocycles. The van der Waals surface area contributed by atoms with Gasteiger partial charge in [0.05, 0.1) is 0 Å². The fourth-order valence-corrected chi connectivity index (χ4v) is 5.34. The van der Waals surface area contributed by atoms with Crippen LogP contribution in [0, 0.1) is 5.92 Å². The molecule has 4 aromatic rings. The molecule has 0 saturated carbocycles. The second kappa shape index (κ2) is 6.20. The maximum absolute atomic E-state index is 6.90. The van der Waals surface area contributed by atoms with Crippen LogP contribution < -0.4 is 0 Å². The topological polar surface area (TPSA) is 18.5 Å². The standard InChI is InChI=1S/C28H24O2/c1-19-17-27(25-13-11-21-7-3-5-9-23(21)15-25)20(2)29-28(18-19,30-27)26-14-12-22-8-4-6-10-24(22)16-26/h3-16,19H,2,17-18H2,1H3. The lowest BCUT2D eigenvalue weighted by molar-refractivity contribution is -0.234. The van der Waals surface area contributed by atoms with Crippen LogP contribution >= 0.6 is 0 Å². The zero-order valence-corrected chi connectivity index (χ0v) is 17.1. The SMILES string of the molecule is C=C1OC2(c3ccc4ccccc4c3)CC(C)CC1(c1ccc3ccccc3c1)O2. The monoisotopic (exact) mass is 392 g/mol. The maximum atomic E-state index is 6.90. The van der Waals surface area contributed by atoms with Crippen LogP contribution in [0.15, 0.2) is 97.3 Å². The molecular formula is C28H24O2. The van der Waals surface area contributed by atoms with Crippen LogP contribution in [0.25, 0.3) is 21.5 Å². The Balaban J connectivity index is 1.50. The quantitative estimate of drug-likeness (QED) is 0.364. The lowest BCUT2D eigenvalue weighted by Crippen LogP contribution is -2.41. The number of benzene rings is 4. The normalized spacial score (nSPS) is 28.0. The molecular weight excluding hydrogens is 368 g/mol. The average Bonchev–Trinajstić information content (AvgIpc) is 2.99. The van der Waals surface area contributed by atoms with Gasteiger partial charge in [-0.05, 0) is 51.6 Å². The van der Waals surface area contributed by atoms with E-state index < -0.39 is 11.4 Å². The van der Waals surface area contributed by atoms with Crippen LogP contribution in [0.3, 0.4) is 0 Å². The number of ether oxygens (including phenoxy) is 2. The highest BCUT2D eigenvalue weighted by atomic mass is 16.8. The Hall–Kier alpha value is -3.10. The fraction of sp³-hybridized carbons (Fsp3) is 0.214. The van der Waals surface area contributed by atoms with E-state index >= 15 is 0 Å². The first-order valence-corrected chi connectivity index (χ1v) is 10.7. The Bertz CT molecular complexity index is 1310. The fourth-order valence-electron chi connectivity index (χ4n) is 5.34. The number of hydrogen-bond acceptors (Lipinski definition) is 2. The van der Waals surface area contributed by atoms with Crippen molar-refractivity contribution in [3.05, 3.63) is 108 Å². The van der Waals surface area contributed by atoms with Crippen molar-refractivity contribution in [2.75, 3.05) is 0 Å². The van der Waals surface area contributed by atoms with E-state index in [9.17, 15) is 0 Å². The van der Waals surface area contributed by atoms with Gasteiger partial charge in [0, 0.05) is 12.0 Å². The lowest BCUT2D eigenvalue weighted by atomic mass is 9.78. The predicted octanol–water partition coefficient (Wildman–Crippen LogP) is 7.03. The van der Waals surface area contributed by atoms with Gasteiger partial charge in [-0.3, -0.25) is 0 Å². The molecule has 4 aromatic carbocycles. The van der Waals surface area contributed by atoms with Crippen LogP contribution in [0.4, 0.5) is 0 Å². The van der Waals surface area contributed by atoms with Gasteiger partial charge in [-0.15, -0.1) is 0 Å². The van der Waals surface area contributed by atoms with E-state index in [0.29, 0.717) is 5.92 Å². The summed E-state index contributed by atoms with van der Waals surface area (Å²) >= 11 is 0. The molecule has 148 valence electrons. The average molecular weight is 392 g/mol. The lowest BCUT2D eigenvalue weighted by Gasteiger charge is -2.40. The highest BCUT2D eigenvalue weighted by molar-refractivity contribution is 5.84. The van der Waals surface area contributed by atoms with Crippen molar-refractivity contribution in [2.45, 2.75) is 31.2 Å². The molecule has 2 heterocycles. The first-order chi connectivity index (χ1) is 14.6. The third kappa shape index (κ3) is 2.47. The second-order valence-electron chi connectivity index (χ2n) is 8.84. The van der Waals surface area contributed by atoms with Gasteiger partial charge in [-0.1, -0.05) is 86.3 Å². The van der Waals surface area contributed by atoms with Crippen molar-refractivity contribution in [3.63, 3.8) is 0 Å². The summed E-state index contributed by atoms with van der Waals surface area (Å²) in [6.45, 7) is 6.63. The summed E-state index contributed by atoms with van der Waals surface area (Å²) in [5.74, 6) is 0.371. The molecule has 30 heavy (non-hydrogen) atoms. The second-order valence-corrected chi connectivity index (χ2v) is 8.84. The van der Waals surface area contributed by atoms with Crippen LogP contribution in [0.5, 0.6) is 0 Å². The molecule has 0 spiro atoms. The zero-order chi connectivity index (χ0) is 20.3. The Morgan fingerprint density at radius 1 is 0.733 bits per heavy atom. The third-order valence-electron chi connectivity index (χ3n) is 6.74. The van der Waals surface area contributed by atoms with Gasteiger partial charge >= 0.3 is 0 Å². The Morgan fingerprint density at radius 3 is 1.97 bits per heavy atom. The van der Waals surface area contributed by atoms with Crippen LogP contribution in [0.1, 0.15) is 30.9 Å². The third-order valence-corrected chi connectivity index (χ3v) is 6.74. The van der Waals surface area contributed by atoms with Crippen molar-refractivity contribution in [1.82, 2.24) is 0 Å². The van der Waals surface area contributed by atoms with E-state index in [-0.39, 0.29) is 0 Å². The molecule has 2 bridgehead atoms. The Labute approximate surface area is 176 Å². The summed E-state index contributed by atoms with van der Waals surface area (Å²) in [6, 6.07) is 29.9. The van der Waals surface area contributed by atoms with E-state index in [1.165, 1.54) is 21.5 Å². The predicted molar refractivity (Wildman–Crippen MR) is 121 cm³/mol. The van der Waals surface area contributed by atoms with Gasteiger partial charge in [0.25, 0.3) is 0 Å². The van der Waals surface area contributed by atoms with Gasteiger partial charge in [-0.2, -0.15) is 0 Å². The van der Waals surface area contributed by atoms with E-state index in [0.717, 1.165) is 29.7 Å². The van der Waals surface area contributed by atoms with Crippen molar-refractivity contribution in [3.8, 4) is 0 Å². The minimum absolute atomic E-state index is 0.441. The molecule has 0 radical (unpaired) electrons. The van der Waals surface area contributed by atoms with E-state index in [1.807, 2.05) is 0 Å². The van der Waals surface area contributed by atoms with Gasteiger partial charge in [-0.25, -0.2) is 0 Å². The van der Waals surface area contributed by atoms with Crippen LogP contribution in [0.2, 0.25) is 0 Å². The maximum Gasteiger partial charge on any atom is 0.238 e. The number of rotatable bonds is 2. The first-order valence-electron chi connectivity index (χ1n) is 10.7. The minimum atomic E-state index is -0.787. The smallest absolute Gasteiger partial charge is 0.238 e. The van der Waals surface area contributed by atoms with Crippen LogP contribution in [-0.2, 0) is 20.9 Å². The molecule has 3 atom stereocenters. The Morgan fingerprint density at radius 2 is 1.30 bits per heavy atom. The van der Waals surface area contributed by atoms with Gasteiger partial charge in [0.1, 0.15) is 5.76 Å². The molecule has 0 N–H and O–H groups in total. The summed E-state index contributed by atoms with van der Waals surface area (Å²) in [6.07, 6.45) is 1.69. The first kappa shape index (κ1) is 17.7. The molecule has 2 nitrogen and oxygen atoms in total. The molecule has 2 fully saturated rings. The molecule has 2 heteroatoms. The molecule has 2 aliphatic rings. The summed E-state index contributed by atoms with van der Waals surface area (Å²) in [4.78, 5) is 0. The van der Waals surface area contributed by atoms with E-state index in [1.54, 1.807) is 0 Å². The highest BCUT2D eigenvalue weighted by Crippen LogP contribution is 2.60. The summed E-state index contributed by atoms with van der Waals surface area (Å²) in [7, 11) is 0. The molecule has 6 rings (SSSR count). The van der Waals surface area contributed by atoms with Crippen LogP contribution in [-0.4, -0.2) is 0 Å². The van der Waals surface area contributed by atoms with E-state index in [2.05, 4.69) is 98.4 Å². The molecule has 0 amide bonds. The van der Waals surface area contributed by atoms with Crippen molar-refractivity contribution < 1.29 is 9.47 Å². The molecule has 0 aliphatic carbocycles. The minimum Gasteiger partial charge on any atom is -0.459 e. The van der Waals surface area contributed by atoms with Gasteiger partial charge in [0.15, 0.2) is 5.60 Å². The molecule has 3 unspecified atom stereocenters. The summed E-state index contributed by atoms with van der Waals surface area (Å²) in [5.41, 5.74) is 1.57. The zero-order valence-electron chi connectivity index (χ0n) is 17.1.